The highest BCUT2D eigenvalue weighted by Crippen LogP contribution is 2.16. The van der Waals surface area contributed by atoms with E-state index < -0.39 is 12.1 Å². The van der Waals surface area contributed by atoms with Crippen molar-refractivity contribution in [3.8, 4) is 0 Å². The number of allylic oxidation sites excluding steroid dienone is 13. The lowest BCUT2D eigenvalue weighted by Gasteiger charge is -2.18. The Bertz CT molecular complexity index is 1400. The first-order valence-electron chi connectivity index (χ1n) is 31.1. The van der Waals surface area contributed by atoms with Gasteiger partial charge in [0, 0.05) is 12.8 Å². The highest BCUT2D eigenvalue weighted by Gasteiger charge is 2.19. The molecular formula is C67H116O6. The topological polar surface area (TPSA) is 78.9 Å². The summed E-state index contributed by atoms with van der Waals surface area (Å²) in [5.41, 5.74) is 0. The largest absolute Gasteiger partial charge is 0.462 e. The maximum absolute atomic E-state index is 12.8. The Morgan fingerprint density at radius 2 is 0.575 bits per heavy atom. The van der Waals surface area contributed by atoms with Crippen molar-refractivity contribution in [2.24, 2.45) is 0 Å². The van der Waals surface area contributed by atoms with Crippen LogP contribution >= 0.6 is 0 Å². The molecule has 0 aromatic heterocycles. The van der Waals surface area contributed by atoms with Gasteiger partial charge in [0.15, 0.2) is 6.10 Å². The predicted octanol–water partition coefficient (Wildman–Crippen LogP) is 21.1. The van der Waals surface area contributed by atoms with Crippen molar-refractivity contribution in [3.05, 3.63) is 85.1 Å². The Labute approximate surface area is 452 Å². The van der Waals surface area contributed by atoms with Crippen molar-refractivity contribution >= 4 is 17.9 Å². The summed E-state index contributed by atoms with van der Waals surface area (Å²) in [7, 11) is 0. The van der Waals surface area contributed by atoms with E-state index in [1.54, 1.807) is 6.08 Å². The maximum Gasteiger partial charge on any atom is 0.310 e. The minimum absolute atomic E-state index is 0.0960. The summed E-state index contributed by atoms with van der Waals surface area (Å²) in [4.78, 5) is 38.1. The quantitative estimate of drug-likeness (QED) is 0.0261. The van der Waals surface area contributed by atoms with Crippen molar-refractivity contribution < 1.29 is 28.6 Å². The molecule has 0 aliphatic carbocycles. The second kappa shape index (κ2) is 61.1. The van der Waals surface area contributed by atoms with Gasteiger partial charge in [-0.3, -0.25) is 14.4 Å². The van der Waals surface area contributed by atoms with Crippen LogP contribution in [-0.4, -0.2) is 37.2 Å². The second-order valence-electron chi connectivity index (χ2n) is 20.6. The number of esters is 3. The third kappa shape index (κ3) is 59.3. The van der Waals surface area contributed by atoms with E-state index in [-0.39, 0.29) is 31.6 Å². The second-order valence-corrected chi connectivity index (χ2v) is 20.6. The molecule has 0 rings (SSSR count). The maximum atomic E-state index is 12.8. The van der Waals surface area contributed by atoms with Crippen LogP contribution in [0.3, 0.4) is 0 Å². The highest BCUT2D eigenvalue weighted by molar-refractivity contribution is 5.72. The van der Waals surface area contributed by atoms with Gasteiger partial charge in [0.25, 0.3) is 0 Å². The van der Waals surface area contributed by atoms with Crippen molar-refractivity contribution in [1.29, 1.82) is 0 Å². The Balaban J connectivity index is 4.30. The average molecular weight is 1020 g/mol. The van der Waals surface area contributed by atoms with Crippen LogP contribution in [0.25, 0.3) is 0 Å². The SMILES string of the molecule is CC/C=C\C/C=C\C/C=C\C/C=C\C/C=C\CC(=O)OC(COC(=O)CCCCCCC/C=C\CCCCCC)COC(=O)CCCCCCCCCCCCCCCCC/C=C\CCCCCCCCCC. The van der Waals surface area contributed by atoms with Gasteiger partial charge in [0.2, 0.25) is 0 Å². The third-order valence-electron chi connectivity index (χ3n) is 13.4. The molecular weight excluding hydrogens is 901 g/mol. The molecule has 0 bridgehead atoms. The molecule has 0 spiro atoms. The molecule has 6 heteroatoms. The zero-order valence-electron chi connectivity index (χ0n) is 48.1. The monoisotopic (exact) mass is 1020 g/mol. The number of carbonyl (C=O) groups is 3. The normalized spacial score (nSPS) is 12.6. The van der Waals surface area contributed by atoms with Crippen molar-refractivity contribution in [2.45, 2.75) is 309 Å². The molecule has 0 radical (unpaired) electrons. The third-order valence-corrected chi connectivity index (χ3v) is 13.4. The van der Waals surface area contributed by atoms with Crippen LogP contribution in [0.15, 0.2) is 85.1 Å². The van der Waals surface area contributed by atoms with Gasteiger partial charge in [-0.05, 0) is 96.3 Å². The summed E-state index contributed by atoms with van der Waals surface area (Å²) in [6.45, 7) is 6.44. The van der Waals surface area contributed by atoms with Crippen molar-refractivity contribution in [3.63, 3.8) is 0 Å². The lowest BCUT2D eigenvalue weighted by Crippen LogP contribution is -2.30. The smallest absolute Gasteiger partial charge is 0.310 e. The van der Waals surface area contributed by atoms with E-state index in [0.29, 0.717) is 12.8 Å². The predicted molar refractivity (Wildman–Crippen MR) is 316 cm³/mol. The number of unbranched alkanes of at least 4 members (excludes halogenated alkanes) is 32. The van der Waals surface area contributed by atoms with E-state index in [2.05, 4.69) is 93.7 Å². The van der Waals surface area contributed by atoms with Gasteiger partial charge in [-0.1, -0.05) is 273 Å². The number of carbonyl (C=O) groups excluding carboxylic acids is 3. The van der Waals surface area contributed by atoms with Crippen molar-refractivity contribution in [2.75, 3.05) is 13.2 Å². The summed E-state index contributed by atoms with van der Waals surface area (Å²) >= 11 is 0. The van der Waals surface area contributed by atoms with Crippen molar-refractivity contribution in [1.82, 2.24) is 0 Å². The zero-order valence-corrected chi connectivity index (χ0v) is 48.1. The number of hydrogen-bond donors (Lipinski definition) is 0. The lowest BCUT2D eigenvalue weighted by molar-refractivity contribution is -0.166. The van der Waals surface area contributed by atoms with Gasteiger partial charge in [0.1, 0.15) is 13.2 Å². The van der Waals surface area contributed by atoms with Crippen LogP contribution in [0.2, 0.25) is 0 Å². The fourth-order valence-electron chi connectivity index (χ4n) is 8.74. The van der Waals surface area contributed by atoms with E-state index in [0.717, 1.165) is 83.5 Å². The molecule has 73 heavy (non-hydrogen) atoms. The molecule has 0 aromatic rings. The fourth-order valence-corrected chi connectivity index (χ4v) is 8.74. The van der Waals surface area contributed by atoms with E-state index in [1.807, 2.05) is 6.08 Å². The molecule has 420 valence electrons. The summed E-state index contributed by atoms with van der Waals surface area (Å²) in [6.07, 6.45) is 80.6. The molecule has 0 heterocycles. The van der Waals surface area contributed by atoms with Crippen LogP contribution in [0, 0.1) is 0 Å². The molecule has 0 aliphatic rings. The van der Waals surface area contributed by atoms with E-state index in [1.165, 1.54) is 180 Å². The standard InChI is InChI=1S/C67H116O6/c1-4-7-10-13-16-19-22-25-27-28-29-30-31-32-33-34-35-36-37-38-40-42-45-48-51-54-57-60-66(69)72-63-64(62-71-65(68)59-56-53-50-47-44-41-24-21-18-15-12-9-6-3)73-67(70)61-58-55-52-49-46-43-39-26-23-20-17-14-11-8-5-2/h8,11,17,20-21,24,26,28-29,39,46,49,55,58,64H,4-7,9-10,12-16,18-19,22-23,25,27,30-38,40-45,47-48,50-54,56-57,59-63H2,1-3H3/b11-8-,20-17-,24-21-,29-28-,39-26-,49-46-,58-55-. The molecule has 0 aliphatic heterocycles. The molecule has 1 unspecified atom stereocenters. The van der Waals surface area contributed by atoms with Crippen LogP contribution in [-0.2, 0) is 28.6 Å². The molecule has 0 fully saturated rings. The highest BCUT2D eigenvalue weighted by atomic mass is 16.6. The van der Waals surface area contributed by atoms with Crippen LogP contribution < -0.4 is 0 Å². The molecule has 1 atom stereocenters. The van der Waals surface area contributed by atoms with Gasteiger partial charge in [-0.15, -0.1) is 0 Å². The van der Waals surface area contributed by atoms with Crippen LogP contribution in [0.4, 0.5) is 0 Å². The van der Waals surface area contributed by atoms with Crippen LogP contribution in [0.5, 0.6) is 0 Å². The first-order valence-corrected chi connectivity index (χ1v) is 31.1. The first-order chi connectivity index (χ1) is 36.0. The molecule has 6 nitrogen and oxygen atoms in total. The average Bonchev–Trinajstić information content (AvgIpc) is 3.39. The Kier molecular flexibility index (Phi) is 58.3. The summed E-state index contributed by atoms with van der Waals surface area (Å²) < 4.78 is 16.8. The molecule has 0 saturated carbocycles. The molecule has 0 N–H and O–H groups in total. The Morgan fingerprint density at radius 1 is 0.301 bits per heavy atom. The molecule has 0 aromatic carbocycles. The summed E-state index contributed by atoms with van der Waals surface area (Å²) in [6, 6.07) is 0. The van der Waals surface area contributed by atoms with E-state index >= 15 is 0 Å². The number of rotatable bonds is 56. The minimum atomic E-state index is -0.834. The summed E-state index contributed by atoms with van der Waals surface area (Å²) in [5.74, 6) is -1.05. The lowest BCUT2D eigenvalue weighted by atomic mass is 10.0. The van der Waals surface area contributed by atoms with Gasteiger partial charge >= 0.3 is 17.9 Å². The number of ether oxygens (including phenoxy) is 3. The zero-order chi connectivity index (χ0) is 52.9. The van der Waals surface area contributed by atoms with Gasteiger partial charge in [0.05, 0.1) is 6.42 Å². The van der Waals surface area contributed by atoms with E-state index in [9.17, 15) is 14.4 Å². The van der Waals surface area contributed by atoms with Crippen LogP contribution in [0.1, 0.15) is 303 Å². The van der Waals surface area contributed by atoms with Gasteiger partial charge in [-0.2, -0.15) is 0 Å². The first kappa shape index (κ1) is 69.6. The summed E-state index contributed by atoms with van der Waals surface area (Å²) in [5, 5.41) is 0. The number of hydrogen-bond acceptors (Lipinski definition) is 6. The Morgan fingerprint density at radius 3 is 0.904 bits per heavy atom. The minimum Gasteiger partial charge on any atom is -0.462 e. The molecule has 0 saturated heterocycles. The van der Waals surface area contributed by atoms with Gasteiger partial charge < -0.3 is 14.2 Å². The van der Waals surface area contributed by atoms with E-state index in [4.69, 9.17) is 14.2 Å². The van der Waals surface area contributed by atoms with Gasteiger partial charge in [-0.25, -0.2) is 0 Å². The fraction of sp³-hybridized carbons (Fsp3) is 0.746. The Hall–Kier alpha value is -3.41. The molecule has 0 amide bonds.